The summed E-state index contributed by atoms with van der Waals surface area (Å²) in [5.41, 5.74) is 1.56. The third-order valence-corrected chi connectivity index (χ3v) is 5.05. The normalized spacial score (nSPS) is 11.6. The van der Waals surface area contributed by atoms with Gasteiger partial charge < -0.3 is 4.74 Å². The van der Waals surface area contributed by atoms with E-state index >= 15 is 0 Å². The molecule has 0 saturated heterocycles. The van der Waals surface area contributed by atoms with Crippen LogP contribution in [0.25, 0.3) is 0 Å². The Morgan fingerprint density at radius 3 is 2.52 bits per heavy atom. The van der Waals surface area contributed by atoms with E-state index in [0.29, 0.717) is 30.1 Å². The van der Waals surface area contributed by atoms with Gasteiger partial charge in [-0.05, 0) is 37.1 Å². The van der Waals surface area contributed by atoms with Gasteiger partial charge >= 0.3 is 0 Å². The fourth-order valence-electron chi connectivity index (χ4n) is 2.27. The number of nitrogens with zero attached hydrogens (tertiary/aromatic N) is 2. The second-order valence-corrected chi connectivity index (χ2v) is 6.60. The van der Waals surface area contributed by atoms with Crippen LogP contribution in [0.5, 0.6) is 5.75 Å². The van der Waals surface area contributed by atoms with Crippen molar-refractivity contribution in [1.82, 2.24) is 8.96 Å². The highest BCUT2D eigenvalue weighted by molar-refractivity contribution is 7.90. The number of aromatic nitrogens is 2. The first kappa shape index (κ1) is 15.6. The van der Waals surface area contributed by atoms with Crippen molar-refractivity contribution in [2.75, 3.05) is 7.11 Å². The predicted molar refractivity (Wildman–Crippen MR) is 81.3 cm³/mol. The summed E-state index contributed by atoms with van der Waals surface area (Å²) in [6, 6.07) is 4.94. The zero-order valence-corrected chi connectivity index (χ0v) is 13.6. The minimum Gasteiger partial charge on any atom is -0.496 e. The van der Waals surface area contributed by atoms with Gasteiger partial charge in [0.1, 0.15) is 11.6 Å². The first-order valence-electron chi connectivity index (χ1n) is 6.91. The maximum Gasteiger partial charge on any atom is 0.269 e. The average Bonchev–Trinajstić information content (AvgIpc) is 2.88. The summed E-state index contributed by atoms with van der Waals surface area (Å²) < 4.78 is 32.1. The van der Waals surface area contributed by atoms with Crippen LogP contribution in [0.1, 0.15) is 30.9 Å². The molecular formula is C15H20N2O3S. The van der Waals surface area contributed by atoms with E-state index in [0.717, 1.165) is 5.56 Å². The van der Waals surface area contributed by atoms with E-state index in [1.807, 2.05) is 13.8 Å². The summed E-state index contributed by atoms with van der Waals surface area (Å²) in [6.45, 7) is 5.64. The smallest absolute Gasteiger partial charge is 0.269 e. The summed E-state index contributed by atoms with van der Waals surface area (Å²) in [6.07, 6.45) is 2.82. The van der Waals surface area contributed by atoms with E-state index in [-0.39, 0.29) is 4.90 Å². The third kappa shape index (κ3) is 2.81. The van der Waals surface area contributed by atoms with E-state index in [4.69, 9.17) is 4.74 Å². The molecule has 1 heterocycles. The number of benzene rings is 1. The highest BCUT2D eigenvalue weighted by Gasteiger charge is 2.21. The lowest BCUT2D eigenvalue weighted by atomic mass is 10.1. The lowest BCUT2D eigenvalue weighted by Crippen LogP contribution is -2.15. The molecule has 2 rings (SSSR count). The zero-order chi connectivity index (χ0) is 15.6. The zero-order valence-electron chi connectivity index (χ0n) is 12.8. The monoisotopic (exact) mass is 308 g/mol. The van der Waals surface area contributed by atoms with Gasteiger partial charge in [-0.3, -0.25) is 0 Å². The minimum atomic E-state index is -3.62. The van der Waals surface area contributed by atoms with Gasteiger partial charge in [-0.15, -0.1) is 0 Å². The lowest BCUT2D eigenvalue weighted by molar-refractivity contribution is 0.409. The topological polar surface area (TPSA) is 61.2 Å². The fraction of sp³-hybridized carbons (Fsp3) is 0.400. The molecule has 0 aliphatic heterocycles. The van der Waals surface area contributed by atoms with Crippen LogP contribution >= 0.6 is 0 Å². The molecule has 0 unspecified atom stereocenters. The predicted octanol–water partition coefficient (Wildman–Crippen LogP) is 2.56. The minimum absolute atomic E-state index is 0.257. The molecule has 114 valence electrons. The Hall–Kier alpha value is -1.82. The van der Waals surface area contributed by atoms with E-state index in [1.54, 1.807) is 38.4 Å². The molecule has 0 amide bonds. The van der Waals surface area contributed by atoms with Crippen molar-refractivity contribution >= 4 is 10.0 Å². The van der Waals surface area contributed by atoms with Gasteiger partial charge in [0.15, 0.2) is 0 Å². The van der Waals surface area contributed by atoms with Crippen molar-refractivity contribution in [2.24, 2.45) is 0 Å². The molecule has 0 bridgehead atoms. The van der Waals surface area contributed by atoms with Crippen LogP contribution in [0.4, 0.5) is 0 Å². The summed E-state index contributed by atoms with van der Waals surface area (Å²) in [4.78, 5) is 4.51. The highest BCUT2D eigenvalue weighted by atomic mass is 32.2. The average molecular weight is 308 g/mol. The fourth-order valence-corrected chi connectivity index (χ4v) is 3.77. The molecule has 0 atom stereocenters. The molecule has 2 aromatic rings. The molecular weight excluding hydrogens is 288 g/mol. The van der Waals surface area contributed by atoms with Gasteiger partial charge in [0.2, 0.25) is 0 Å². The van der Waals surface area contributed by atoms with Crippen LogP contribution in [-0.2, 0) is 22.9 Å². The van der Waals surface area contributed by atoms with E-state index in [2.05, 4.69) is 4.98 Å². The van der Waals surface area contributed by atoms with Gasteiger partial charge in [-0.1, -0.05) is 13.8 Å². The SMILES string of the molecule is CCc1cc(S(=O)(=O)n2cc(C)nc2CC)ccc1OC. The van der Waals surface area contributed by atoms with Gasteiger partial charge in [0, 0.05) is 12.6 Å². The van der Waals surface area contributed by atoms with Crippen LogP contribution in [-0.4, -0.2) is 24.5 Å². The van der Waals surface area contributed by atoms with E-state index in [9.17, 15) is 8.42 Å². The van der Waals surface area contributed by atoms with Crippen LogP contribution in [0.2, 0.25) is 0 Å². The van der Waals surface area contributed by atoms with Gasteiger partial charge in [0.25, 0.3) is 10.0 Å². The van der Waals surface area contributed by atoms with Crippen molar-refractivity contribution in [3.63, 3.8) is 0 Å². The molecule has 21 heavy (non-hydrogen) atoms. The molecule has 0 fully saturated rings. The van der Waals surface area contributed by atoms with Crippen molar-refractivity contribution in [1.29, 1.82) is 0 Å². The van der Waals surface area contributed by atoms with Crippen LogP contribution < -0.4 is 4.74 Å². The molecule has 0 aliphatic rings. The highest BCUT2D eigenvalue weighted by Crippen LogP contribution is 2.25. The molecule has 0 radical (unpaired) electrons. The summed E-state index contributed by atoms with van der Waals surface area (Å²) in [5, 5.41) is 0. The second-order valence-electron chi connectivity index (χ2n) is 4.78. The summed E-state index contributed by atoms with van der Waals surface area (Å²) in [7, 11) is -2.04. The maximum atomic E-state index is 12.8. The molecule has 1 aromatic heterocycles. The van der Waals surface area contributed by atoms with Gasteiger partial charge in [-0.2, -0.15) is 0 Å². The van der Waals surface area contributed by atoms with Crippen LogP contribution in [0.15, 0.2) is 29.3 Å². The summed E-state index contributed by atoms with van der Waals surface area (Å²) in [5.74, 6) is 1.25. The van der Waals surface area contributed by atoms with Crippen molar-refractivity contribution in [3.05, 3.63) is 41.5 Å². The van der Waals surface area contributed by atoms with Crippen LogP contribution in [0, 0.1) is 6.92 Å². The van der Waals surface area contributed by atoms with Crippen molar-refractivity contribution in [2.45, 2.75) is 38.5 Å². The molecule has 5 nitrogen and oxygen atoms in total. The molecule has 0 aliphatic carbocycles. The van der Waals surface area contributed by atoms with Gasteiger partial charge in [0.05, 0.1) is 17.7 Å². The Balaban J connectivity index is 2.58. The summed E-state index contributed by atoms with van der Waals surface area (Å²) >= 11 is 0. The number of hydrogen-bond donors (Lipinski definition) is 0. The Morgan fingerprint density at radius 1 is 1.24 bits per heavy atom. The van der Waals surface area contributed by atoms with Gasteiger partial charge in [-0.25, -0.2) is 17.4 Å². The first-order chi connectivity index (χ1) is 9.93. The molecule has 0 saturated carbocycles. The Morgan fingerprint density at radius 2 is 1.95 bits per heavy atom. The quantitative estimate of drug-likeness (QED) is 0.851. The molecule has 1 aromatic carbocycles. The number of imidazole rings is 1. The van der Waals surface area contributed by atoms with Crippen molar-refractivity contribution in [3.8, 4) is 5.75 Å². The Bertz CT molecular complexity index is 748. The molecule has 6 heteroatoms. The number of methoxy groups -OCH3 is 1. The number of hydrogen-bond acceptors (Lipinski definition) is 4. The second kappa shape index (κ2) is 5.89. The first-order valence-corrected chi connectivity index (χ1v) is 8.35. The van der Waals surface area contributed by atoms with Crippen molar-refractivity contribution < 1.29 is 13.2 Å². The Labute approximate surface area is 125 Å². The molecule has 0 N–H and O–H groups in total. The largest absolute Gasteiger partial charge is 0.496 e. The number of aryl methyl sites for hydroxylation is 3. The molecule has 0 spiro atoms. The standard InChI is InChI=1S/C15H20N2O3S/c1-5-12-9-13(7-8-14(12)20-4)21(18,19)17-10-11(3)16-15(17)6-2/h7-10H,5-6H2,1-4H3. The van der Waals surface area contributed by atoms with E-state index < -0.39 is 10.0 Å². The van der Waals surface area contributed by atoms with Crippen LogP contribution in [0.3, 0.4) is 0 Å². The Kier molecular flexibility index (Phi) is 4.37. The van der Waals surface area contributed by atoms with E-state index in [1.165, 1.54) is 3.97 Å². The maximum absolute atomic E-state index is 12.8. The third-order valence-electron chi connectivity index (χ3n) is 3.37. The number of rotatable bonds is 5. The lowest BCUT2D eigenvalue weighted by Gasteiger charge is -2.11. The number of ether oxygens (including phenoxy) is 1.